The van der Waals surface area contributed by atoms with Crippen LogP contribution < -0.4 is 0 Å². The number of allylic oxidation sites excluding steroid dienone is 3. The van der Waals surface area contributed by atoms with E-state index in [0.29, 0.717) is 12.0 Å². The molecule has 2 nitrogen and oxygen atoms in total. The van der Waals surface area contributed by atoms with E-state index in [1.165, 1.54) is 17.7 Å². The first-order valence-corrected chi connectivity index (χ1v) is 8.20. The van der Waals surface area contributed by atoms with Crippen LogP contribution in [-0.4, -0.2) is 29.7 Å². The SMILES string of the molecule is C/C=C1\C(=C(C)C)C(CC)C2(COC2)N1C(C)C.CC. The lowest BCUT2D eigenvalue weighted by molar-refractivity contribution is -0.144. The van der Waals surface area contributed by atoms with Crippen molar-refractivity contribution in [1.29, 1.82) is 0 Å². The molecule has 0 N–H and O–H groups in total. The van der Waals surface area contributed by atoms with Gasteiger partial charge in [-0.3, -0.25) is 0 Å². The van der Waals surface area contributed by atoms with E-state index < -0.39 is 0 Å². The Kier molecular flexibility index (Phi) is 5.88. The van der Waals surface area contributed by atoms with Gasteiger partial charge in [0.1, 0.15) is 0 Å². The molecule has 2 heteroatoms. The van der Waals surface area contributed by atoms with E-state index >= 15 is 0 Å². The molecule has 0 aromatic carbocycles. The van der Waals surface area contributed by atoms with Crippen molar-refractivity contribution in [1.82, 2.24) is 4.90 Å². The molecule has 0 aromatic rings. The van der Waals surface area contributed by atoms with Crippen molar-refractivity contribution in [2.45, 2.75) is 73.4 Å². The molecule has 2 aliphatic heterocycles. The molecule has 20 heavy (non-hydrogen) atoms. The Morgan fingerprint density at radius 3 is 2.15 bits per heavy atom. The van der Waals surface area contributed by atoms with Gasteiger partial charge in [0.25, 0.3) is 0 Å². The Morgan fingerprint density at radius 1 is 1.35 bits per heavy atom. The smallest absolute Gasteiger partial charge is 0.0938 e. The summed E-state index contributed by atoms with van der Waals surface area (Å²) in [6.07, 6.45) is 3.49. The summed E-state index contributed by atoms with van der Waals surface area (Å²) in [4.78, 5) is 2.62. The fourth-order valence-corrected chi connectivity index (χ4v) is 3.91. The maximum atomic E-state index is 5.60. The lowest BCUT2D eigenvalue weighted by atomic mass is 9.77. The highest BCUT2D eigenvalue weighted by molar-refractivity contribution is 5.45. The first-order chi connectivity index (χ1) is 9.49. The van der Waals surface area contributed by atoms with Crippen LogP contribution in [0.25, 0.3) is 0 Å². The average molecular weight is 279 g/mol. The van der Waals surface area contributed by atoms with Crippen molar-refractivity contribution < 1.29 is 4.74 Å². The van der Waals surface area contributed by atoms with E-state index in [1.807, 2.05) is 13.8 Å². The zero-order chi connectivity index (χ0) is 15.5. The van der Waals surface area contributed by atoms with Crippen LogP contribution in [0, 0.1) is 5.92 Å². The van der Waals surface area contributed by atoms with Gasteiger partial charge in [0.15, 0.2) is 0 Å². The Bertz CT molecular complexity index is 384. The first-order valence-electron chi connectivity index (χ1n) is 8.20. The predicted molar refractivity (Wildman–Crippen MR) is 87.8 cm³/mol. The third-order valence-corrected chi connectivity index (χ3v) is 4.45. The molecule has 2 rings (SSSR count). The zero-order valence-corrected chi connectivity index (χ0v) is 14.7. The molecule has 1 spiro atoms. The van der Waals surface area contributed by atoms with Crippen LogP contribution in [0.15, 0.2) is 22.9 Å². The summed E-state index contributed by atoms with van der Waals surface area (Å²) in [5, 5.41) is 0. The number of hydrogen-bond donors (Lipinski definition) is 0. The molecule has 0 radical (unpaired) electrons. The lowest BCUT2D eigenvalue weighted by Gasteiger charge is -2.51. The number of hydrogen-bond acceptors (Lipinski definition) is 2. The van der Waals surface area contributed by atoms with Gasteiger partial charge < -0.3 is 9.64 Å². The van der Waals surface area contributed by atoms with Gasteiger partial charge in [0, 0.05) is 17.7 Å². The van der Waals surface area contributed by atoms with Crippen LogP contribution in [0.2, 0.25) is 0 Å². The molecule has 0 bridgehead atoms. The third kappa shape index (κ3) is 2.43. The van der Waals surface area contributed by atoms with Crippen molar-refractivity contribution in [2.24, 2.45) is 5.92 Å². The molecule has 1 atom stereocenters. The quantitative estimate of drug-likeness (QED) is 0.722. The summed E-state index contributed by atoms with van der Waals surface area (Å²) in [6, 6.07) is 0.533. The fourth-order valence-electron chi connectivity index (χ4n) is 3.91. The van der Waals surface area contributed by atoms with Crippen molar-refractivity contribution >= 4 is 0 Å². The summed E-state index contributed by atoms with van der Waals surface area (Å²) in [6.45, 7) is 19.3. The van der Waals surface area contributed by atoms with Gasteiger partial charge in [-0.25, -0.2) is 0 Å². The van der Waals surface area contributed by atoms with Crippen molar-refractivity contribution in [3.63, 3.8) is 0 Å². The van der Waals surface area contributed by atoms with Crippen LogP contribution in [0.4, 0.5) is 0 Å². The molecular weight excluding hydrogens is 246 g/mol. The molecule has 2 fully saturated rings. The number of likely N-dealkylation sites (tertiary alicyclic amines) is 1. The van der Waals surface area contributed by atoms with Crippen molar-refractivity contribution in [2.75, 3.05) is 13.2 Å². The molecule has 1 unspecified atom stereocenters. The van der Waals surface area contributed by atoms with Gasteiger partial charge in [-0.1, -0.05) is 32.4 Å². The minimum absolute atomic E-state index is 0.233. The number of ether oxygens (including phenoxy) is 1. The summed E-state index contributed by atoms with van der Waals surface area (Å²) in [5.41, 5.74) is 4.71. The number of rotatable bonds is 2. The van der Waals surface area contributed by atoms with Gasteiger partial charge in [0.2, 0.25) is 0 Å². The molecule has 0 aliphatic carbocycles. The Morgan fingerprint density at radius 2 is 1.90 bits per heavy atom. The summed E-state index contributed by atoms with van der Waals surface area (Å²) in [5.74, 6) is 0.629. The highest BCUT2D eigenvalue weighted by Crippen LogP contribution is 2.52. The van der Waals surface area contributed by atoms with Crippen LogP contribution in [0.3, 0.4) is 0 Å². The predicted octanol–water partition coefficient (Wildman–Crippen LogP) is 4.77. The number of nitrogens with zero attached hydrogens (tertiary/aromatic N) is 1. The van der Waals surface area contributed by atoms with Crippen LogP contribution in [0.5, 0.6) is 0 Å². The third-order valence-electron chi connectivity index (χ3n) is 4.45. The zero-order valence-electron chi connectivity index (χ0n) is 14.7. The maximum absolute atomic E-state index is 5.60. The molecule has 0 aromatic heterocycles. The largest absolute Gasteiger partial charge is 0.376 e. The maximum Gasteiger partial charge on any atom is 0.0938 e. The Hall–Kier alpha value is -0.760. The van der Waals surface area contributed by atoms with Gasteiger partial charge in [-0.2, -0.15) is 0 Å². The molecule has 0 saturated carbocycles. The van der Waals surface area contributed by atoms with Crippen LogP contribution >= 0.6 is 0 Å². The fraction of sp³-hybridized carbons (Fsp3) is 0.778. The van der Waals surface area contributed by atoms with Gasteiger partial charge in [0.05, 0.1) is 18.8 Å². The summed E-state index contributed by atoms with van der Waals surface area (Å²) in [7, 11) is 0. The normalized spacial score (nSPS) is 25.9. The van der Waals surface area contributed by atoms with Crippen LogP contribution in [0.1, 0.15) is 61.8 Å². The molecule has 2 saturated heterocycles. The first kappa shape index (κ1) is 17.3. The monoisotopic (exact) mass is 279 g/mol. The van der Waals surface area contributed by atoms with E-state index in [9.17, 15) is 0 Å². The average Bonchev–Trinajstić information content (AvgIpc) is 2.70. The minimum atomic E-state index is 0.233. The molecule has 0 amide bonds. The lowest BCUT2D eigenvalue weighted by Crippen LogP contribution is -2.63. The van der Waals surface area contributed by atoms with Gasteiger partial charge >= 0.3 is 0 Å². The highest BCUT2D eigenvalue weighted by atomic mass is 16.5. The highest BCUT2D eigenvalue weighted by Gasteiger charge is 2.57. The second-order valence-electron chi connectivity index (χ2n) is 6.11. The van der Waals surface area contributed by atoms with E-state index in [-0.39, 0.29) is 5.54 Å². The van der Waals surface area contributed by atoms with E-state index in [1.54, 1.807) is 5.57 Å². The second kappa shape index (κ2) is 6.80. The van der Waals surface area contributed by atoms with Gasteiger partial charge in [-0.15, -0.1) is 0 Å². The second-order valence-corrected chi connectivity index (χ2v) is 6.11. The standard InChI is InChI=1S/C16H27NO.C2H6/c1-7-13-15(11(3)4)14(8-2)17(12(5)6)16(13)9-18-10-16;1-2/h8,12-13H,7,9-10H2,1-6H3;1-2H3/b14-8+;. The van der Waals surface area contributed by atoms with Crippen molar-refractivity contribution in [3.8, 4) is 0 Å². The Labute approximate surface area is 125 Å². The Balaban J connectivity index is 0.000000956. The topological polar surface area (TPSA) is 12.5 Å². The summed E-state index contributed by atoms with van der Waals surface area (Å²) >= 11 is 0. The molecule has 2 aliphatic rings. The van der Waals surface area contributed by atoms with E-state index in [2.05, 4.69) is 52.5 Å². The van der Waals surface area contributed by atoms with E-state index in [0.717, 1.165) is 13.2 Å². The summed E-state index contributed by atoms with van der Waals surface area (Å²) < 4.78 is 5.60. The van der Waals surface area contributed by atoms with Crippen molar-refractivity contribution in [3.05, 3.63) is 22.9 Å². The molecule has 116 valence electrons. The molecular formula is C18H33NO. The van der Waals surface area contributed by atoms with Gasteiger partial charge in [-0.05, 0) is 46.6 Å². The molecule has 2 heterocycles. The minimum Gasteiger partial charge on any atom is -0.376 e. The van der Waals surface area contributed by atoms with E-state index in [4.69, 9.17) is 4.74 Å². The van der Waals surface area contributed by atoms with Crippen LogP contribution in [-0.2, 0) is 4.74 Å².